The number of carboxylic acid groups (broad SMARTS) is 1. The normalized spacial score (nSPS) is 17.0. The Hall–Kier alpha value is -1.44. The van der Waals surface area contributed by atoms with E-state index in [1.165, 1.54) is 23.1 Å². The SMILES string of the molecule is O=C([O-])CCC(=O)NC1CCN(c2ccccc2F)C1=O.[Na+]. The van der Waals surface area contributed by atoms with Gasteiger partial charge in [-0.2, -0.15) is 0 Å². The fraction of sp³-hybridized carbons (Fsp3) is 0.357. The van der Waals surface area contributed by atoms with E-state index < -0.39 is 36.1 Å². The molecule has 1 N–H and O–H groups in total. The molecule has 22 heavy (non-hydrogen) atoms. The van der Waals surface area contributed by atoms with Crippen molar-refractivity contribution < 1.29 is 53.4 Å². The van der Waals surface area contributed by atoms with Crippen molar-refractivity contribution >= 4 is 23.5 Å². The van der Waals surface area contributed by atoms with Crippen LogP contribution in [0, 0.1) is 5.82 Å². The summed E-state index contributed by atoms with van der Waals surface area (Å²) in [6, 6.07) is 5.15. The first-order valence-electron chi connectivity index (χ1n) is 6.54. The third kappa shape index (κ3) is 4.53. The molecular formula is C14H14FN2NaO4. The maximum Gasteiger partial charge on any atom is 1.00 e. The number of amides is 2. The molecule has 1 aliphatic rings. The van der Waals surface area contributed by atoms with Gasteiger partial charge in [-0.1, -0.05) is 12.1 Å². The smallest absolute Gasteiger partial charge is 0.550 e. The molecule has 112 valence electrons. The number of carboxylic acids is 1. The summed E-state index contributed by atoms with van der Waals surface area (Å²) in [5, 5.41) is 12.7. The zero-order valence-corrected chi connectivity index (χ0v) is 14.2. The Morgan fingerprint density at radius 3 is 2.64 bits per heavy atom. The Labute approximate surface area is 149 Å². The number of hydrogen-bond acceptors (Lipinski definition) is 4. The Balaban J connectivity index is 0.00000242. The molecule has 6 nitrogen and oxygen atoms in total. The second-order valence-electron chi connectivity index (χ2n) is 4.72. The molecule has 0 saturated carbocycles. The molecule has 1 aromatic rings. The Bertz CT molecular complexity index is 582. The Morgan fingerprint density at radius 1 is 1.32 bits per heavy atom. The Morgan fingerprint density at radius 2 is 2.00 bits per heavy atom. The van der Waals surface area contributed by atoms with Crippen LogP contribution < -0.4 is 44.9 Å². The van der Waals surface area contributed by atoms with Gasteiger partial charge >= 0.3 is 29.6 Å². The fourth-order valence-electron chi connectivity index (χ4n) is 2.21. The topological polar surface area (TPSA) is 89.5 Å². The molecule has 0 radical (unpaired) electrons. The van der Waals surface area contributed by atoms with Crippen molar-refractivity contribution in [3.63, 3.8) is 0 Å². The van der Waals surface area contributed by atoms with Gasteiger partial charge in [-0.15, -0.1) is 0 Å². The average molecular weight is 316 g/mol. The minimum absolute atomic E-state index is 0. The van der Waals surface area contributed by atoms with E-state index in [2.05, 4.69) is 5.32 Å². The number of hydrogen-bond donors (Lipinski definition) is 1. The summed E-state index contributed by atoms with van der Waals surface area (Å²) in [4.78, 5) is 35.2. The summed E-state index contributed by atoms with van der Waals surface area (Å²) in [6.07, 6.45) is -0.292. The molecule has 0 spiro atoms. The molecule has 0 aliphatic carbocycles. The monoisotopic (exact) mass is 316 g/mol. The van der Waals surface area contributed by atoms with Gasteiger partial charge in [-0.05, 0) is 25.0 Å². The molecule has 1 aliphatic heterocycles. The summed E-state index contributed by atoms with van der Waals surface area (Å²) in [6.45, 7) is 0.297. The number of nitrogens with one attached hydrogen (secondary N) is 1. The van der Waals surface area contributed by atoms with E-state index in [0.717, 1.165) is 0 Å². The van der Waals surface area contributed by atoms with E-state index in [-0.39, 0.29) is 41.7 Å². The zero-order chi connectivity index (χ0) is 15.4. The number of halogens is 1. The molecule has 2 amide bonds. The molecular weight excluding hydrogens is 302 g/mol. The van der Waals surface area contributed by atoms with Crippen LogP contribution in [0.25, 0.3) is 0 Å². The van der Waals surface area contributed by atoms with Crippen LogP contribution in [0.2, 0.25) is 0 Å². The number of rotatable bonds is 5. The van der Waals surface area contributed by atoms with Crippen molar-refractivity contribution in [1.82, 2.24) is 5.32 Å². The van der Waals surface area contributed by atoms with E-state index in [0.29, 0.717) is 13.0 Å². The van der Waals surface area contributed by atoms with Gasteiger partial charge in [0.1, 0.15) is 11.9 Å². The molecule has 1 atom stereocenters. The first kappa shape index (κ1) is 18.6. The standard InChI is InChI=1S/C14H15FN2O4.Na/c15-9-3-1-2-4-11(9)17-8-7-10(14(17)21)16-12(18)5-6-13(19)20;/h1-4,10H,5-8H2,(H,16,18)(H,19,20);/q;+1/p-1. The van der Waals surface area contributed by atoms with Crippen LogP contribution in [0.15, 0.2) is 24.3 Å². The number of benzene rings is 1. The van der Waals surface area contributed by atoms with Gasteiger partial charge < -0.3 is 20.1 Å². The van der Waals surface area contributed by atoms with Gasteiger partial charge in [0, 0.05) is 18.9 Å². The summed E-state index contributed by atoms with van der Waals surface area (Å²) >= 11 is 0. The van der Waals surface area contributed by atoms with Gasteiger partial charge in [-0.25, -0.2) is 4.39 Å². The third-order valence-corrected chi connectivity index (χ3v) is 3.24. The number of nitrogens with zero attached hydrogens (tertiary/aromatic N) is 1. The van der Waals surface area contributed by atoms with E-state index in [9.17, 15) is 23.9 Å². The summed E-state index contributed by atoms with van der Waals surface area (Å²) in [5.74, 6) is -2.76. The first-order valence-corrected chi connectivity index (χ1v) is 6.54. The Kier molecular flexibility index (Phi) is 6.99. The molecule has 1 heterocycles. The number of carbonyl (C=O) groups excluding carboxylic acids is 3. The largest absolute Gasteiger partial charge is 1.00 e. The first-order chi connectivity index (χ1) is 9.99. The fourth-order valence-corrected chi connectivity index (χ4v) is 2.21. The molecule has 1 unspecified atom stereocenters. The van der Waals surface area contributed by atoms with Crippen molar-refractivity contribution in [3.8, 4) is 0 Å². The molecule has 1 fully saturated rings. The van der Waals surface area contributed by atoms with Gasteiger partial charge in [0.15, 0.2) is 0 Å². The van der Waals surface area contributed by atoms with Crippen LogP contribution >= 0.6 is 0 Å². The maximum atomic E-state index is 13.7. The van der Waals surface area contributed by atoms with E-state index >= 15 is 0 Å². The van der Waals surface area contributed by atoms with E-state index in [1.807, 2.05) is 0 Å². The summed E-state index contributed by atoms with van der Waals surface area (Å²) in [5.41, 5.74) is 0.175. The molecule has 2 rings (SSSR count). The molecule has 0 bridgehead atoms. The predicted molar refractivity (Wildman–Crippen MR) is 69.5 cm³/mol. The zero-order valence-electron chi connectivity index (χ0n) is 12.2. The van der Waals surface area contributed by atoms with E-state index in [4.69, 9.17) is 0 Å². The molecule has 1 aromatic carbocycles. The molecule has 1 saturated heterocycles. The van der Waals surface area contributed by atoms with Gasteiger partial charge in [0.05, 0.1) is 5.69 Å². The predicted octanol–water partition coefficient (Wildman–Crippen LogP) is -3.42. The molecule has 8 heteroatoms. The number of para-hydroxylation sites is 1. The van der Waals surface area contributed by atoms with Crippen molar-refractivity contribution in [2.24, 2.45) is 0 Å². The second kappa shape index (κ2) is 8.26. The van der Waals surface area contributed by atoms with Crippen molar-refractivity contribution in [3.05, 3.63) is 30.1 Å². The van der Waals surface area contributed by atoms with Crippen molar-refractivity contribution in [2.45, 2.75) is 25.3 Å². The van der Waals surface area contributed by atoms with E-state index in [1.54, 1.807) is 6.07 Å². The van der Waals surface area contributed by atoms with Gasteiger partial charge in [0.2, 0.25) is 11.8 Å². The van der Waals surface area contributed by atoms with Crippen LogP contribution in [0.1, 0.15) is 19.3 Å². The summed E-state index contributed by atoms with van der Waals surface area (Å²) < 4.78 is 13.7. The number of aliphatic carboxylic acids is 1. The number of anilines is 1. The maximum absolute atomic E-state index is 13.7. The van der Waals surface area contributed by atoms with Crippen LogP contribution in [0.4, 0.5) is 10.1 Å². The third-order valence-electron chi connectivity index (χ3n) is 3.24. The molecule has 0 aromatic heterocycles. The van der Waals surface area contributed by atoms with Gasteiger partial charge in [0.25, 0.3) is 0 Å². The van der Waals surface area contributed by atoms with Crippen LogP contribution in [-0.4, -0.2) is 30.4 Å². The minimum Gasteiger partial charge on any atom is -0.550 e. The summed E-state index contributed by atoms with van der Waals surface area (Å²) in [7, 11) is 0. The van der Waals surface area contributed by atoms with Crippen LogP contribution in [-0.2, 0) is 14.4 Å². The second-order valence-corrected chi connectivity index (χ2v) is 4.72. The minimum atomic E-state index is -1.32. The number of carbonyl (C=O) groups is 3. The van der Waals surface area contributed by atoms with Gasteiger partial charge in [-0.3, -0.25) is 9.59 Å². The van der Waals surface area contributed by atoms with Crippen LogP contribution in [0.3, 0.4) is 0 Å². The van der Waals surface area contributed by atoms with Crippen molar-refractivity contribution in [2.75, 3.05) is 11.4 Å². The van der Waals surface area contributed by atoms with Crippen LogP contribution in [0.5, 0.6) is 0 Å². The average Bonchev–Trinajstić information content (AvgIpc) is 2.79. The quantitative estimate of drug-likeness (QED) is 0.573. The van der Waals surface area contributed by atoms with Crippen molar-refractivity contribution in [1.29, 1.82) is 0 Å².